The van der Waals surface area contributed by atoms with E-state index in [-0.39, 0.29) is 23.2 Å². The third-order valence-electron chi connectivity index (χ3n) is 3.61. The zero-order valence-corrected chi connectivity index (χ0v) is 14.2. The molecule has 0 radical (unpaired) electrons. The minimum atomic E-state index is -3.31. The summed E-state index contributed by atoms with van der Waals surface area (Å²) in [7, 11) is -3.31. The van der Waals surface area contributed by atoms with Crippen molar-refractivity contribution in [3.8, 4) is 0 Å². The number of nitrogens with zero attached hydrogens (tertiary/aromatic N) is 3. The van der Waals surface area contributed by atoms with Gasteiger partial charge in [0.05, 0.1) is 6.26 Å². The van der Waals surface area contributed by atoms with E-state index in [4.69, 9.17) is 0 Å². The van der Waals surface area contributed by atoms with E-state index < -0.39 is 10.0 Å². The first-order valence-corrected chi connectivity index (χ1v) is 9.54. The van der Waals surface area contributed by atoms with Crippen LogP contribution in [0.3, 0.4) is 0 Å². The summed E-state index contributed by atoms with van der Waals surface area (Å²) in [4.78, 5) is 25.8. The van der Waals surface area contributed by atoms with E-state index in [1.807, 2.05) is 6.92 Å². The molecular formula is C14H22N4O4S. The second kappa shape index (κ2) is 7.22. The van der Waals surface area contributed by atoms with Crippen LogP contribution < -0.4 is 10.3 Å². The molecule has 0 bridgehead atoms. The summed E-state index contributed by atoms with van der Waals surface area (Å²) in [5.74, 6) is -0.283. The van der Waals surface area contributed by atoms with Crippen molar-refractivity contribution >= 4 is 15.9 Å². The number of hydrogen-bond donors (Lipinski definition) is 1. The van der Waals surface area contributed by atoms with Crippen molar-refractivity contribution in [2.75, 3.05) is 19.3 Å². The Morgan fingerprint density at radius 1 is 1.43 bits per heavy atom. The molecule has 0 spiro atoms. The van der Waals surface area contributed by atoms with Crippen molar-refractivity contribution in [3.05, 3.63) is 28.2 Å². The molecule has 1 atom stereocenters. The Labute approximate surface area is 135 Å². The Bertz CT molecular complexity index is 729. The van der Waals surface area contributed by atoms with Gasteiger partial charge in [0.1, 0.15) is 5.69 Å². The highest BCUT2D eigenvalue weighted by molar-refractivity contribution is 7.88. The second-order valence-corrected chi connectivity index (χ2v) is 7.54. The van der Waals surface area contributed by atoms with E-state index in [0.717, 1.165) is 12.7 Å². The van der Waals surface area contributed by atoms with E-state index in [1.54, 1.807) is 4.90 Å². The first-order chi connectivity index (χ1) is 10.8. The number of carbonyl (C=O) groups is 1. The lowest BCUT2D eigenvalue weighted by molar-refractivity contribution is 0.0694. The second-order valence-electron chi connectivity index (χ2n) is 5.76. The number of likely N-dealkylation sites (tertiary alicyclic amines) is 1. The van der Waals surface area contributed by atoms with Gasteiger partial charge in [-0.1, -0.05) is 6.92 Å². The third-order valence-corrected chi connectivity index (χ3v) is 4.37. The molecule has 1 saturated heterocycles. The van der Waals surface area contributed by atoms with E-state index in [0.29, 0.717) is 32.5 Å². The number of aromatic nitrogens is 2. The number of nitrogens with one attached hydrogen (secondary N) is 1. The van der Waals surface area contributed by atoms with Gasteiger partial charge in [0.15, 0.2) is 0 Å². The molecule has 1 aliphatic heterocycles. The predicted molar refractivity (Wildman–Crippen MR) is 85.7 cm³/mol. The number of piperidine rings is 1. The number of hydrogen-bond acceptors (Lipinski definition) is 5. The summed E-state index contributed by atoms with van der Waals surface area (Å²) in [6, 6.07) is 2.47. The minimum Gasteiger partial charge on any atom is -0.336 e. The quantitative estimate of drug-likeness (QED) is 0.799. The summed E-state index contributed by atoms with van der Waals surface area (Å²) >= 11 is 0. The van der Waals surface area contributed by atoms with E-state index >= 15 is 0 Å². The number of sulfonamides is 1. The molecule has 2 rings (SSSR count). The van der Waals surface area contributed by atoms with Gasteiger partial charge in [-0.3, -0.25) is 9.59 Å². The lowest BCUT2D eigenvalue weighted by atomic mass is 10.1. The van der Waals surface area contributed by atoms with Crippen LogP contribution in [0.2, 0.25) is 0 Å². The summed E-state index contributed by atoms with van der Waals surface area (Å²) in [6.07, 6.45) is 3.26. The summed E-state index contributed by atoms with van der Waals surface area (Å²) in [5, 5.41) is 4.11. The van der Waals surface area contributed by atoms with Crippen LogP contribution in [0.4, 0.5) is 0 Å². The normalized spacial score (nSPS) is 18.9. The molecule has 1 aliphatic rings. The molecule has 9 heteroatoms. The van der Waals surface area contributed by atoms with Gasteiger partial charge in [0, 0.05) is 31.7 Å². The molecule has 8 nitrogen and oxygen atoms in total. The molecule has 0 aliphatic carbocycles. The maximum atomic E-state index is 12.5. The van der Waals surface area contributed by atoms with Gasteiger partial charge in [-0.2, -0.15) is 5.10 Å². The maximum Gasteiger partial charge on any atom is 0.274 e. The van der Waals surface area contributed by atoms with Crippen molar-refractivity contribution in [1.29, 1.82) is 0 Å². The molecule has 0 unspecified atom stereocenters. The molecule has 128 valence electrons. The Hall–Kier alpha value is -1.74. The summed E-state index contributed by atoms with van der Waals surface area (Å²) in [5.41, 5.74) is -0.0308. The molecule has 0 aromatic carbocycles. The Kier molecular flexibility index (Phi) is 5.53. The highest BCUT2D eigenvalue weighted by Gasteiger charge is 2.27. The first kappa shape index (κ1) is 17.6. The van der Waals surface area contributed by atoms with Gasteiger partial charge in [0.25, 0.3) is 11.5 Å². The van der Waals surface area contributed by atoms with Crippen LogP contribution in [0.25, 0.3) is 0 Å². The van der Waals surface area contributed by atoms with Crippen molar-refractivity contribution in [2.45, 2.75) is 38.8 Å². The SMILES string of the molecule is CCCn1nc(C(=O)N2CCC[C@H](NS(C)(=O)=O)C2)ccc1=O. The third kappa shape index (κ3) is 4.87. The van der Waals surface area contributed by atoms with Crippen LogP contribution in [-0.4, -0.2) is 54.4 Å². The van der Waals surface area contributed by atoms with E-state index in [9.17, 15) is 18.0 Å². The van der Waals surface area contributed by atoms with Crippen LogP contribution in [0, 0.1) is 0 Å². The zero-order chi connectivity index (χ0) is 17.0. The van der Waals surface area contributed by atoms with E-state index in [2.05, 4.69) is 9.82 Å². The van der Waals surface area contributed by atoms with Crippen LogP contribution in [0.5, 0.6) is 0 Å². The largest absolute Gasteiger partial charge is 0.336 e. The lowest BCUT2D eigenvalue weighted by Crippen LogP contribution is -2.49. The fourth-order valence-electron chi connectivity index (χ4n) is 2.66. The number of carbonyl (C=O) groups excluding carboxylic acids is 1. The Morgan fingerprint density at radius 2 is 2.17 bits per heavy atom. The molecule has 1 fully saturated rings. The number of amides is 1. The van der Waals surface area contributed by atoms with Crippen molar-refractivity contribution in [1.82, 2.24) is 19.4 Å². The van der Waals surface area contributed by atoms with Gasteiger partial charge in [-0.25, -0.2) is 17.8 Å². The van der Waals surface area contributed by atoms with Crippen molar-refractivity contribution in [2.24, 2.45) is 0 Å². The Morgan fingerprint density at radius 3 is 2.83 bits per heavy atom. The molecule has 1 aromatic heterocycles. The minimum absolute atomic E-state index is 0.207. The lowest BCUT2D eigenvalue weighted by Gasteiger charge is -2.32. The smallest absolute Gasteiger partial charge is 0.274 e. The summed E-state index contributed by atoms with van der Waals surface area (Å²) in [6.45, 7) is 3.24. The molecule has 1 N–H and O–H groups in total. The van der Waals surface area contributed by atoms with Crippen LogP contribution in [0.1, 0.15) is 36.7 Å². The molecular weight excluding hydrogens is 320 g/mol. The first-order valence-electron chi connectivity index (χ1n) is 7.65. The fraction of sp³-hybridized carbons (Fsp3) is 0.643. The van der Waals surface area contributed by atoms with Crippen molar-refractivity contribution < 1.29 is 13.2 Å². The molecule has 0 saturated carbocycles. The van der Waals surface area contributed by atoms with Crippen molar-refractivity contribution in [3.63, 3.8) is 0 Å². The standard InChI is InChI=1S/C14H22N4O4S/c1-3-8-18-13(19)7-6-12(15-18)14(20)17-9-4-5-11(10-17)16-23(2,21)22/h6-7,11,16H,3-5,8-10H2,1-2H3/t11-/m0/s1. The average Bonchev–Trinajstić information content (AvgIpc) is 2.47. The van der Waals surface area contributed by atoms with Gasteiger partial charge >= 0.3 is 0 Å². The highest BCUT2D eigenvalue weighted by Crippen LogP contribution is 2.13. The summed E-state index contributed by atoms with van der Waals surface area (Å²) < 4.78 is 26.5. The number of rotatable bonds is 5. The molecule has 1 aromatic rings. The molecule has 1 amide bonds. The predicted octanol–water partition coefficient (Wildman–Crippen LogP) is -0.193. The molecule has 23 heavy (non-hydrogen) atoms. The zero-order valence-electron chi connectivity index (χ0n) is 13.4. The monoisotopic (exact) mass is 342 g/mol. The van der Waals surface area contributed by atoms with Crippen LogP contribution >= 0.6 is 0 Å². The highest BCUT2D eigenvalue weighted by atomic mass is 32.2. The molecule has 2 heterocycles. The van der Waals surface area contributed by atoms with Gasteiger partial charge in [-0.15, -0.1) is 0 Å². The topological polar surface area (TPSA) is 101 Å². The number of aryl methyl sites for hydroxylation is 1. The van der Waals surface area contributed by atoms with Crippen LogP contribution in [-0.2, 0) is 16.6 Å². The van der Waals surface area contributed by atoms with Gasteiger partial charge < -0.3 is 4.90 Å². The average molecular weight is 342 g/mol. The van der Waals surface area contributed by atoms with Crippen LogP contribution in [0.15, 0.2) is 16.9 Å². The fourth-order valence-corrected chi connectivity index (χ4v) is 3.46. The Balaban J connectivity index is 2.13. The maximum absolute atomic E-state index is 12.5. The van der Waals surface area contributed by atoms with Gasteiger partial charge in [-0.05, 0) is 25.3 Å². The van der Waals surface area contributed by atoms with Gasteiger partial charge in [0.2, 0.25) is 10.0 Å². The van der Waals surface area contributed by atoms with E-state index in [1.165, 1.54) is 16.8 Å².